The molecule has 0 saturated carbocycles. The Morgan fingerprint density at radius 1 is 0.284 bits per heavy atom. The van der Waals surface area contributed by atoms with E-state index in [0.717, 1.165) is 64.2 Å². The molecule has 0 saturated heterocycles. The maximum atomic E-state index is 12.9. The largest absolute Gasteiger partial charge is 0.462 e. The van der Waals surface area contributed by atoms with Crippen LogP contribution in [0.3, 0.4) is 0 Å². The first-order chi connectivity index (χ1) is 33.0. The van der Waals surface area contributed by atoms with Crippen molar-refractivity contribution < 1.29 is 28.6 Å². The molecule has 394 valence electrons. The maximum Gasteiger partial charge on any atom is 0.306 e. The molecule has 0 aromatic carbocycles. The molecule has 1 atom stereocenters. The van der Waals surface area contributed by atoms with E-state index in [2.05, 4.69) is 45.1 Å². The van der Waals surface area contributed by atoms with Crippen LogP contribution in [0.5, 0.6) is 0 Å². The van der Waals surface area contributed by atoms with E-state index in [1.165, 1.54) is 225 Å². The van der Waals surface area contributed by atoms with E-state index in [9.17, 15) is 14.4 Å². The normalized spacial score (nSPS) is 12.1. The van der Waals surface area contributed by atoms with Crippen LogP contribution in [0.25, 0.3) is 0 Å². The topological polar surface area (TPSA) is 78.9 Å². The molecule has 6 heteroatoms. The van der Waals surface area contributed by atoms with Gasteiger partial charge in [0.15, 0.2) is 6.10 Å². The summed E-state index contributed by atoms with van der Waals surface area (Å²) in [5, 5.41) is 0. The van der Waals surface area contributed by atoms with Crippen LogP contribution in [0.4, 0.5) is 0 Å². The third kappa shape index (κ3) is 54.7. The SMILES string of the molecule is CCCCCCCC/C=C\CCCCCCCCCCCCCC(=O)O[C@H](COC(=O)CCCCCCC/C=C\CCCCCCCC)COC(=O)CCCCCCCCCCCCCCC. The molecule has 0 aliphatic carbocycles. The summed E-state index contributed by atoms with van der Waals surface area (Å²) in [7, 11) is 0. The fourth-order valence-corrected chi connectivity index (χ4v) is 8.91. The lowest BCUT2D eigenvalue weighted by Crippen LogP contribution is -2.30. The van der Waals surface area contributed by atoms with Gasteiger partial charge >= 0.3 is 17.9 Å². The van der Waals surface area contributed by atoms with Crippen molar-refractivity contribution in [2.45, 2.75) is 335 Å². The molecule has 0 unspecified atom stereocenters. The molecular formula is C61H114O6. The molecule has 0 rings (SSSR count). The highest BCUT2D eigenvalue weighted by Gasteiger charge is 2.19. The average molecular weight is 944 g/mol. The van der Waals surface area contributed by atoms with Crippen molar-refractivity contribution in [1.82, 2.24) is 0 Å². The lowest BCUT2D eigenvalue weighted by molar-refractivity contribution is -0.167. The van der Waals surface area contributed by atoms with E-state index in [1.807, 2.05) is 0 Å². The second-order valence-electron chi connectivity index (χ2n) is 20.3. The van der Waals surface area contributed by atoms with Gasteiger partial charge in [-0.2, -0.15) is 0 Å². The number of ether oxygens (including phenoxy) is 3. The summed E-state index contributed by atoms with van der Waals surface area (Å²) in [4.78, 5) is 38.2. The highest BCUT2D eigenvalue weighted by Crippen LogP contribution is 2.17. The molecule has 0 fully saturated rings. The van der Waals surface area contributed by atoms with E-state index in [0.29, 0.717) is 19.3 Å². The summed E-state index contributed by atoms with van der Waals surface area (Å²) < 4.78 is 16.9. The maximum absolute atomic E-state index is 12.9. The van der Waals surface area contributed by atoms with E-state index in [-0.39, 0.29) is 31.1 Å². The molecule has 0 aliphatic heterocycles. The Hall–Kier alpha value is -2.11. The monoisotopic (exact) mass is 943 g/mol. The van der Waals surface area contributed by atoms with E-state index in [1.54, 1.807) is 0 Å². The highest BCUT2D eigenvalue weighted by atomic mass is 16.6. The predicted octanol–water partition coefficient (Wildman–Crippen LogP) is 19.9. The van der Waals surface area contributed by atoms with Gasteiger partial charge in [-0.3, -0.25) is 14.4 Å². The molecular weight excluding hydrogens is 829 g/mol. The minimum Gasteiger partial charge on any atom is -0.462 e. The fraction of sp³-hybridized carbons (Fsp3) is 0.885. The van der Waals surface area contributed by atoms with E-state index >= 15 is 0 Å². The first-order valence-electron chi connectivity index (χ1n) is 29.8. The predicted molar refractivity (Wildman–Crippen MR) is 289 cm³/mol. The third-order valence-corrected chi connectivity index (χ3v) is 13.4. The Labute approximate surface area is 417 Å². The first kappa shape index (κ1) is 64.9. The smallest absolute Gasteiger partial charge is 0.306 e. The van der Waals surface area contributed by atoms with E-state index in [4.69, 9.17) is 14.2 Å². The molecule has 0 aromatic rings. The summed E-state index contributed by atoms with van der Waals surface area (Å²) in [6, 6.07) is 0. The number of esters is 3. The van der Waals surface area contributed by atoms with Gasteiger partial charge in [0.2, 0.25) is 0 Å². The van der Waals surface area contributed by atoms with Crippen LogP contribution in [0.1, 0.15) is 329 Å². The van der Waals surface area contributed by atoms with Crippen molar-refractivity contribution in [3.8, 4) is 0 Å². The number of rotatable bonds is 55. The Kier molecular flexibility index (Phi) is 54.7. The molecule has 0 heterocycles. The lowest BCUT2D eigenvalue weighted by atomic mass is 10.0. The van der Waals surface area contributed by atoms with Crippen LogP contribution >= 0.6 is 0 Å². The number of hydrogen-bond donors (Lipinski definition) is 0. The zero-order chi connectivity index (χ0) is 48.6. The summed E-state index contributed by atoms with van der Waals surface area (Å²) in [5.41, 5.74) is 0. The minimum absolute atomic E-state index is 0.0694. The highest BCUT2D eigenvalue weighted by molar-refractivity contribution is 5.71. The zero-order valence-corrected chi connectivity index (χ0v) is 45.2. The number of hydrogen-bond acceptors (Lipinski definition) is 6. The van der Waals surface area contributed by atoms with Gasteiger partial charge < -0.3 is 14.2 Å². The van der Waals surface area contributed by atoms with Crippen LogP contribution in [-0.4, -0.2) is 37.2 Å². The zero-order valence-electron chi connectivity index (χ0n) is 45.2. The molecule has 0 N–H and O–H groups in total. The lowest BCUT2D eigenvalue weighted by Gasteiger charge is -2.18. The van der Waals surface area contributed by atoms with Gasteiger partial charge in [0.05, 0.1) is 0 Å². The van der Waals surface area contributed by atoms with E-state index < -0.39 is 6.10 Å². The Morgan fingerprint density at radius 3 is 0.746 bits per heavy atom. The molecule has 67 heavy (non-hydrogen) atoms. The van der Waals surface area contributed by atoms with Crippen LogP contribution in [0.15, 0.2) is 24.3 Å². The van der Waals surface area contributed by atoms with Crippen molar-refractivity contribution in [2.75, 3.05) is 13.2 Å². The van der Waals surface area contributed by atoms with Crippen LogP contribution < -0.4 is 0 Å². The summed E-state index contributed by atoms with van der Waals surface area (Å²) in [5.74, 6) is -0.858. The van der Waals surface area contributed by atoms with Crippen molar-refractivity contribution in [3.05, 3.63) is 24.3 Å². The van der Waals surface area contributed by atoms with Gasteiger partial charge in [0, 0.05) is 19.3 Å². The van der Waals surface area contributed by atoms with Gasteiger partial charge in [0.25, 0.3) is 0 Å². The quantitative estimate of drug-likeness (QED) is 0.0262. The molecule has 0 amide bonds. The summed E-state index contributed by atoms with van der Waals surface area (Å²) in [6.07, 6.45) is 66.0. The van der Waals surface area contributed by atoms with Crippen molar-refractivity contribution >= 4 is 17.9 Å². The first-order valence-corrected chi connectivity index (χ1v) is 29.8. The van der Waals surface area contributed by atoms with Gasteiger partial charge in [-0.1, -0.05) is 263 Å². The van der Waals surface area contributed by atoms with Crippen LogP contribution in [0.2, 0.25) is 0 Å². The molecule has 6 nitrogen and oxygen atoms in total. The molecule has 0 bridgehead atoms. The summed E-state index contributed by atoms with van der Waals surface area (Å²) >= 11 is 0. The third-order valence-electron chi connectivity index (χ3n) is 13.4. The van der Waals surface area contributed by atoms with Crippen molar-refractivity contribution in [1.29, 1.82) is 0 Å². The minimum atomic E-state index is -0.771. The van der Waals surface area contributed by atoms with Gasteiger partial charge in [-0.05, 0) is 70.6 Å². The molecule has 0 radical (unpaired) electrons. The van der Waals surface area contributed by atoms with Crippen LogP contribution in [-0.2, 0) is 28.6 Å². The Bertz CT molecular complexity index is 1080. The number of carbonyl (C=O) groups excluding carboxylic acids is 3. The average Bonchev–Trinajstić information content (AvgIpc) is 3.33. The summed E-state index contributed by atoms with van der Waals surface area (Å²) in [6.45, 7) is 6.67. The Morgan fingerprint density at radius 2 is 0.493 bits per heavy atom. The molecule has 0 spiro atoms. The Balaban J connectivity index is 4.30. The number of unbranched alkanes of at least 4 members (excludes halogenated alkanes) is 40. The second-order valence-corrected chi connectivity index (χ2v) is 20.3. The van der Waals surface area contributed by atoms with Gasteiger partial charge in [-0.15, -0.1) is 0 Å². The fourth-order valence-electron chi connectivity index (χ4n) is 8.91. The number of carbonyl (C=O) groups is 3. The molecule has 0 aromatic heterocycles. The second kappa shape index (κ2) is 56.5. The van der Waals surface area contributed by atoms with Crippen molar-refractivity contribution in [3.63, 3.8) is 0 Å². The van der Waals surface area contributed by atoms with Crippen LogP contribution in [0, 0.1) is 0 Å². The van der Waals surface area contributed by atoms with Crippen molar-refractivity contribution in [2.24, 2.45) is 0 Å². The molecule has 0 aliphatic rings. The van der Waals surface area contributed by atoms with Gasteiger partial charge in [0.1, 0.15) is 13.2 Å². The number of allylic oxidation sites excluding steroid dienone is 4. The standard InChI is InChI=1S/C61H114O6/c1-4-7-10-13-16-19-22-25-27-28-29-30-31-32-34-37-40-43-46-49-52-55-61(64)67-58(56-65-59(62)53-50-47-44-41-38-35-24-21-18-15-12-9-6-3)57-66-60(63)54-51-48-45-42-39-36-33-26-23-20-17-14-11-8-5-2/h25-27,33,58H,4-24,28-32,34-57H2,1-3H3/b27-25-,33-26-/t58-/m0/s1. The van der Waals surface area contributed by atoms with Gasteiger partial charge in [-0.25, -0.2) is 0 Å².